The molecule has 0 N–H and O–H groups in total. The Labute approximate surface area is 96.6 Å². The van der Waals surface area contributed by atoms with Gasteiger partial charge in [-0.15, -0.1) is 0 Å². The number of hydrogen-bond acceptors (Lipinski definition) is 4. The molecule has 0 bridgehead atoms. The standard InChI is InChI=1S/C12H20O4/c1-4-7-8-10(12(14)16-6-3)9-11(13)15-5-2/h9H,4-8H2,1-3H3/b10-9-. The first-order valence-corrected chi connectivity index (χ1v) is 5.70. The van der Waals surface area contributed by atoms with Crippen molar-refractivity contribution < 1.29 is 19.1 Å². The van der Waals surface area contributed by atoms with Gasteiger partial charge in [-0.05, 0) is 26.7 Å². The maximum absolute atomic E-state index is 11.5. The van der Waals surface area contributed by atoms with Crippen LogP contribution in [0.4, 0.5) is 0 Å². The van der Waals surface area contributed by atoms with Crippen LogP contribution < -0.4 is 0 Å². The van der Waals surface area contributed by atoms with E-state index >= 15 is 0 Å². The number of rotatable bonds is 7. The summed E-state index contributed by atoms with van der Waals surface area (Å²) >= 11 is 0. The van der Waals surface area contributed by atoms with E-state index < -0.39 is 11.9 Å². The number of carbonyl (C=O) groups is 2. The van der Waals surface area contributed by atoms with Crippen molar-refractivity contribution in [1.29, 1.82) is 0 Å². The average Bonchev–Trinajstić information content (AvgIpc) is 2.24. The van der Waals surface area contributed by atoms with Crippen LogP contribution in [0.15, 0.2) is 11.6 Å². The van der Waals surface area contributed by atoms with Crippen molar-refractivity contribution >= 4 is 11.9 Å². The van der Waals surface area contributed by atoms with Crippen LogP contribution in [-0.2, 0) is 19.1 Å². The summed E-state index contributed by atoms with van der Waals surface area (Å²) in [5, 5.41) is 0. The Kier molecular flexibility index (Phi) is 8.21. The molecule has 0 aliphatic carbocycles. The largest absolute Gasteiger partial charge is 0.463 e. The second-order valence-electron chi connectivity index (χ2n) is 3.25. The summed E-state index contributed by atoms with van der Waals surface area (Å²) in [5.41, 5.74) is 0.391. The molecule has 0 aromatic heterocycles. The third-order valence-electron chi connectivity index (χ3n) is 1.92. The van der Waals surface area contributed by atoms with Crippen LogP contribution in [0, 0.1) is 0 Å². The molecule has 0 amide bonds. The lowest BCUT2D eigenvalue weighted by Gasteiger charge is -2.06. The molecule has 0 unspecified atom stereocenters. The fraction of sp³-hybridized carbons (Fsp3) is 0.667. The van der Waals surface area contributed by atoms with Crippen LogP contribution in [0.1, 0.15) is 40.0 Å². The maximum atomic E-state index is 11.5. The van der Waals surface area contributed by atoms with Gasteiger partial charge in [-0.25, -0.2) is 9.59 Å². The van der Waals surface area contributed by atoms with E-state index in [0.29, 0.717) is 25.2 Å². The molecule has 0 fully saturated rings. The summed E-state index contributed by atoms with van der Waals surface area (Å²) in [7, 11) is 0. The zero-order valence-electron chi connectivity index (χ0n) is 10.2. The van der Waals surface area contributed by atoms with Gasteiger partial charge in [0.25, 0.3) is 0 Å². The molecule has 0 aromatic carbocycles. The predicted octanol–water partition coefficient (Wildman–Crippen LogP) is 2.23. The van der Waals surface area contributed by atoms with Gasteiger partial charge in [-0.2, -0.15) is 0 Å². The SMILES string of the molecule is CCCC/C(=C/C(=O)OCC)C(=O)OCC. The highest BCUT2D eigenvalue weighted by Gasteiger charge is 2.12. The topological polar surface area (TPSA) is 52.6 Å². The minimum absolute atomic E-state index is 0.305. The molecule has 16 heavy (non-hydrogen) atoms. The molecule has 0 saturated carbocycles. The zero-order valence-corrected chi connectivity index (χ0v) is 10.2. The third kappa shape index (κ3) is 6.22. The second-order valence-corrected chi connectivity index (χ2v) is 3.25. The molecule has 0 radical (unpaired) electrons. The minimum atomic E-state index is -0.485. The van der Waals surface area contributed by atoms with Gasteiger partial charge in [0, 0.05) is 11.6 Å². The molecule has 0 aliphatic heterocycles. The van der Waals surface area contributed by atoms with E-state index in [4.69, 9.17) is 9.47 Å². The van der Waals surface area contributed by atoms with E-state index in [1.807, 2.05) is 6.92 Å². The van der Waals surface area contributed by atoms with Crippen LogP contribution >= 0.6 is 0 Å². The van der Waals surface area contributed by atoms with Crippen molar-refractivity contribution in [2.75, 3.05) is 13.2 Å². The van der Waals surface area contributed by atoms with Gasteiger partial charge in [0.15, 0.2) is 0 Å². The lowest BCUT2D eigenvalue weighted by molar-refractivity contribution is -0.141. The average molecular weight is 228 g/mol. The highest BCUT2D eigenvalue weighted by atomic mass is 16.5. The quantitative estimate of drug-likeness (QED) is 0.495. The molecule has 0 rings (SSSR count). The molecule has 4 heteroatoms. The van der Waals surface area contributed by atoms with Crippen LogP contribution in [0.25, 0.3) is 0 Å². The Morgan fingerprint density at radius 3 is 2.19 bits per heavy atom. The van der Waals surface area contributed by atoms with Gasteiger partial charge < -0.3 is 9.47 Å². The fourth-order valence-corrected chi connectivity index (χ4v) is 1.15. The lowest BCUT2D eigenvalue weighted by atomic mass is 10.1. The second kappa shape index (κ2) is 8.95. The molecule has 0 heterocycles. The number of hydrogen-bond donors (Lipinski definition) is 0. The van der Waals surface area contributed by atoms with Crippen LogP contribution in [0.3, 0.4) is 0 Å². The van der Waals surface area contributed by atoms with Crippen LogP contribution in [-0.4, -0.2) is 25.2 Å². The Morgan fingerprint density at radius 1 is 1.06 bits per heavy atom. The van der Waals surface area contributed by atoms with E-state index in [-0.39, 0.29) is 0 Å². The summed E-state index contributed by atoms with van der Waals surface area (Å²) in [4.78, 5) is 22.7. The summed E-state index contributed by atoms with van der Waals surface area (Å²) in [6.07, 6.45) is 3.59. The molecule has 92 valence electrons. The molecule has 0 aliphatic rings. The lowest BCUT2D eigenvalue weighted by Crippen LogP contribution is -2.11. The first-order chi connectivity index (χ1) is 7.65. The number of carbonyl (C=O) groups excluding carboxylic acids is 2. The number of esters is 2. The summed E-state index contributed by atoms with van der Waals surface area (Å²) in [6.45, 7) is 6.10. The summed E-state index contributed by atoms with van der Waals surface area (Å²) < 4.78 is 9.62. The number of ether oxygens (including phenoxy) is 2. The van der Waals surface area contributed by atoms with Crippen molar-refractivity contribution in [2.45, 2.75) is 40.0 Å². The van der Waals surface area contributed by atoms with Gasteiger partial charge in [-0.1, -0.05) is 13.3 Å². The molecule has 4 nitrogen and oxygen atoms in total. The van der Waals surface area contributed by atoms with Gasteiger partial charge in [0.05, 0.1) is 13.2 Å². The monoisotopic (exact) mass is 228 g/mol. The van der Waals surface area contributed by atoms with Crippen molar-refractivity contribution in [3.05, 3.63) is 11.6 Å². The molecule has 0 atom stereocenters. The molecular formula is C12H20O4. The van der Waals surface area contributed by atoms with E-state index in [2.05, 4.69) is 0 Å². The Bertz CT molecular complexity index is 256. The predicted molar refractivity (Wildman–Crippen MR) is 60.9 cm³/mol. The highest BCUT2D eigenvalue weighted by molar-refractivity contribution is 5.96. The summed E-state index contributed by atoms with van der Waals surface area (Å²) in [5.74, 6) is -0.911. The van der Waals surface area contributed by atoms with Gasteiger partial charge >= 0.3 is 11.9 Å². The maximum Gasteiger partial charge on any atom is 0.334 e. The Morgan fingerprint density at radius 2 is 1.69 bits per heavy atom. The molecule has 0 saturated heterocycles. The van der Waals surface area contributed by atoms with E-state index in [0.717, 1.165) is 12.8 Å². The van der Waals surface area contributed by atoms with Crippen LogP contribution in [0.5, 0.6) is 0 Å². The first-order valence-electron chi connectivity index (χ1n) is 5.70. The van der Waals surface area contributed by atoms with Crippen LogP contribution in [0.2, 0.25) is 0 Å². The molecule has 0 aromatic rings. The van der Waals surface area contributed by atoms with Crippen molar-refractivity contribution in [1.82, 2.24) is 0 Å². The zero-order chi connectivity index (χ0) is 12.4. The smallest absolute Gasteiger partial charge is 0.334 e. The Hall–Kier alpha value is -1.32. The van der Waals surface area contributed by atoms with Gasteiger partial charge in [-0.3, -0.25) is 0 Å². The minimum Gasteiger partial charge on any atom is -0.463 e. The Balaban J connectivity index is 4.51. The van der Waals surface area contributed by atoms with Crippen molar-refractivity contribution in [3.8, 4) is 0 Å². The van der Waals surface area contributed by atoms with E-state index in [9.17, 15) is 9.59 Å². The molecule has 0 spiro atoms. The van der Waals surface area contributed by atoms with E-state index in [1.54, 1.807) is 13.8 Å². The fourth-order valence-electron chi connectivity index (χ4n) is 1.15. The first kappa shape index (κ1) is 14.7. The molecular weight excluding hydrogens is 208 g/mol. The van der Waals surface area contributed by atoms with E-state index in [1.165, 1.54) is 6.08 Å². The third-order valence-corrected chi connectivity index (χ3v) is 1.92. The van der Waals surface area contributed by atoms with Crippen molar-refractivity contribution in [3.63, 3.8) is 0 Å². The van der Waals surface area contributed by atoms with Gasteiger partial charge in [0.1, 0.15) is 0 Å². The normalized spacial score (nSPS) is 11.1. The summed E-state index contributed by atoms with van der Waals surface area (Å²) in [6, 6.07) is 0. The van der Waals surface area contributed by atoms with Gasteiger partial charge in [0.2, 0.25) is 0 Å². The van der Waals surface area contributed by atoms with Crippen molar-refractivity contribution in [2.24, 2.45) is 0 Å². The number of unbranched alkanes of at least 4 members (excludes halogenated alkanes) is 1. The highest BCUT2D eigenvalue weighted by Crippen LogP contribution is 2.09.